The zero-order valence-electron chi connectivity index (χ0n) is 15.0. The summed E-state index contributed by atoms with van der Waals surface area (Å²) in [6.07, 6.45) is -4.55. The van der Waals surface area contributed by atoms with E-state index in [0.29, 0.717) is 0 Å². The Hall–Kier alpha value is -2.85. The van der Waals surface area contributed by atoms with Crippen LogP contribution in [-0.2, 0) is 6.18 Å². The summed E-state index contributed by atoms with van der Waals surface area (Å²) in [6, 6.07) is 7.92. The van der Waals surface area contributed by atoms with E-state index < -0.39 is 17.6 Å². The Labute approximate surface area is 172 Å². The van der Waals surface area contributed by atoms with E-state index in [-0.39, 0.29) is 37.8 Å². The second kappa shape index (κ2) is 8.26. The molecule has 6 nitrogen and oxygen atoms in total. The van der Waals surface area contributed by atoms with E-state index in [0.717, 1.165) is 23.5 Å². The van der Waals surface area contributed by atoms with E-state index in [4.69, 9.17) is 21.1 Å². The number of amides is 1. The lowest BCUT2D eigenvalue weighted by atomic mass is 10.1. The third-order valence-corrected chi connectivity index (χ3v) is 4.88. The molecule has 1 amide bonds. The fourth-order valence-electron chi connectivity index (χ4n) is 2.50. The first kappa shape index (κ1) is 20.9. The SMILES string of the molecule is COc1cccc(OC)c1C(=O)Nc1nnc(-c2cc(Cl)cc(C(F)(F)F)c2)s1. The number of nitrogens with zero attached hydrogens (tertiary/aromatic N) is 2. The maximum atomic E-state index is 13.0. The molecule has 11 heteroatoms. The van der Waals surface area contributed by atoms with Crippen molar-refractivity contribution in [3.63, 3.8) is 0 Å². The van der Waals surface area contributed by atoms with Crippen LogP contribution in [0.15, 0.2) is 36.4 Å². The quantitative estimate of drug-likeness (QED) is 0.590. The Balaban J connectivity index is 1.89. The maximum Gasteiger partial charge on any atom is 0.416 e. The number of methoxy groups -OCH3 is 2. The summed E-state index contributed by atoms with van der Waals surface area (Å²) >= 11 is 6.70. The zero-order chi connectivity index (χ0) is 21.2. The van der Waals surface area contributed by atoms with Crippen molar-refractivity contribution in [2.75, 3.05) is 19.5 Å². The summed E-state index contributed by atoms with van der Waals surface area (Å²) in [5.41, 5.74) is -0.617. The largest absolute Gasteiger partial charge is 0.496 e. The molecule has 0 spiro atoms. The molecule has 1 heterocycles. The van der Waals surface area contributed by atoms with E-state index in [1.54, 1.807) is 18.2 Å². The molecular weight excluding hydrogens is 431 g/mol. The van der Waals surface area contributed by atoms with E-state index in [2.05, 4.69) is 15.5 Å². The molecule has 0 unspecified atom stereocenters. The Morgan fingerprint density at radius 1 is 1.10 bits per heavy atom. The minimum atomic E-state index is -4.55. The van der Waals surface area contributed by atoms with Gasteiger partial charge in [0.1, 0.15) is 22.1 Å². The van der Waals surface area contributed by atoms with Crippen molar-refractivity contribution in [2.24, 2.45) is 0 Å². The number of nitrogens with one attached hydrogen (secondary N) is 1. The molecule has 2 aromatic carbocycles. The number of benzene rings is 2. The van der Waals surface area contributed by atoms with Crippen molar-refractivity contribution in [3.8, 4) is 22.1 Å². The first-order valence-corrected chi connectivity index (χ1v) is 9.16. The lowest BCUT2D eigenvalue weighted by Gasteiger charge is -2.11. The van der Waals surface area contributed by atoms with Crippen molar-refractivity contribution in [1.82, 2.24) is 10.2 Å². The van der Waals surface area contributed by atoms with Crippen LogP contribution in [0.2, 0.25) is 5.02 Å². The molecule has 1 aromatic heterocycles. The molecule has 152 valence electrons. The number of alkyl halides is 3. The van der Waals surface area contributed by atoms with Gasteiger partial charge in [-0.15, -0.1) is 10.2 Å². The summed E-state index contributed by atoms with van der Waals surface area (Å²) in [5.74, 6) is 0.0107. The van der Waals surface area contributed by atoms with E-state index in [9.17, 15) is 18.0 Å². The van der Waals surface area contributed by atoms with Gasteiger partial charge in [-0.1, -0.05) is 29.0 Å². The summed E-state index contributed by atoms with van der Waals surface area (Å²) in [6.45, 7) is 0. The van der Waals surface area contributed by atoms with Gasteiger partial charge in [0.2, 0.25) is 5.13 Å². The number of halogens is 4. The number of aromatic nitrogens is 2. The molecule has 0 radical (unpaired) electrons. The lowest BCUT2D eigenvalue weighted by molar-refractivity contribution is -0.137. The molecule has 0 atom stereocenters. The normalized spacial score (nSPS) is 11.2. The van der Waals surface area contributed by atoms with Crippen molar-refractivity contribution < 1.29 is 27.4 Å². The van der Waals surface area contributed by atoms with Gasteiger partial charge in [0.05, 0.1) is 19.8 Å². The predicted molar refractivity (Wildman–Crippen MR) is 103 cm³/mol. The predicted octanol–water partition coefficient (Wildman–Crippen LogP) is 5.15. The first-order valence-electron chi connectivity index (χ1n) is 7.97. The second-order valence-corrected chi connectivity index (χ2v) is 7.04. The van der Waals surface area contributed by atoms with Crippen LogP contribution in [0.25, 0.3) is 10.6 Å². The van der Waals surface area contributed by atoms with Gasteiger partial charge in [-0.2, -0.15) is 13.2 Å². The molecule has 1 N–H and O–H groups in total. The molecular formula is C18H13ClF3N3O3S. The van der Waals surface area contributed by atoms with Crippen LogP contribution < -0.4 is 14.8 Å². The maximum absolute atomic E-state index is 13.0. The Morgan fingerprint density at radius 3 is 2.34 bits per heavy atom. The molecule has 0 saturated heterocycles. The third kappa shape index (κ3) is 4.60. The highest BCUT2D eigenvalue weighted by Gasteiger charge is 2.31. The van der Waals surface area contributed by atoms with Crippen molar-refractivity contribution in [1.29, 1.82) is 0 Å². The highest BCUT2D eigenvalue weighted by molar-refractivity contribution is 7.18. The number of hydrogen-bond donors (Lipinski definition) is 1. The van der Waals surface area contributed by atoms with Crippen LogP contribution in [-0.4, -0.2) is 30.3 Å². The summed E-state index contributed by atoms with van der Waals surface area (Å²) in [5, 5.41) is 10.4. The van der Waals surface area contributed by atoms with Gasteiger partial charge in [-0.25, -0.2) is 0 Å². The monoisotopic (exact) mass is 443 g/mol. The average Bonchev–Trinajstić information content (AvgIpc) is 3.14. The first-order chi connectivity index (χ1) is 13.7. The number of carbonyl (C=O) groups is 1. The van der Waals surface area contributed by atoms with Gasteiger partial charge < -0.3 is 9.47 Å². The fourth-order valence-corrected chi connectivity index (χ4v) is 3.46. The average molecular weight is 444 g/mol. The van der Waals surface area contributed by atoms with Crippen molar-refractivity contribution in [3.05, 3.63) is 52.5 Å². The molecule has 0 aliphatic carbocycles. The number of rotatable bonds is 5. The molecule has 0 bridgehead atoms. The van der Waals surface area contributed by atoms with Crippen LogP contribution in [0, 0.1) is 0 Å². The summed E-state index contributed by atoms with van der Waals surface area (Å²) in [7, 11) is 2.82. The van der Waals surface area contributed by atoms with Crippen LogP contribution in [0.3, 0.4) is 0 Å². The van der Waals surface area contributed by atoms with E-state index in [1.807, 2.05) is 0 Å². The molecule has 29 heavy (non-hydrogen) atoms. The second-order valence-electron chi connectivity index (χ2n) is 5.63. The van der Waals surface area contributed by atoms with Crippen LogP contribution in [0.4, 0.5) is 18.3 Å². The highest BCUT2D eigenvalue weighted by Crippen LogP contribution is 2.36. The summed E-state index contributed by atoms with van der Waals surface area (Å²) in [4.78, 5) is 12.7. The van der Waals surface area contributed by atoms with Crippen LogP contribution >= 0.6 is 22.9 Å². The van der Waals surface area contributed by atoms with Gasteiger partial charge in [0, 0.05) is 10.6 Å². The number of carbonyl (C=O) groups excluding carboxylic acids is 1. The molecule has 0 aliphatic rings. The molecule has 0 saturated carbocycles. The van der Waals surface area contributed by atoms with E-state index in [1.165, 1.54) is 20.3 Å². The Morgan fingerprint density at radius 2 is 1.76 bits per heavy atom. The van der Waals surface area contributed by atoms with E-state index >= 15 is 0 Å². The summed E-state index contributed by atoms with van der Waals surface area (Å²) < 4.78 is 49.4. The molecule has 0 aliphatic heterocycles. The Bertz CT molecular complexity index is 1030. The van der Waals surface area contributed by atoms with Crippen LogP contribution in [0.1, 0.15) is 15.9 Å². The van der Waals surface area contributed by atoms with Gasteiger partial charge >= 0.3 is 6.18 Å². The minimum Gasteiger partial charge on any atom is -0.496 e. The van der Waals surface area contributed by atoms with Gasteiger partial charge in [-0.05, 0) is 30.3 Å². The fraction of sp³-hybridized carbons (Fsp3) is 0.167. The Kier molecular flexibility index (Phi) is 5.94. The van der Waals surface area contributed by atoms with Gasteiger partial charge in [0.15, 0.2) is 0 Å². The number of anilines is 1. The van der Waals surface area contributed by atoms with Crippen LogP contribution in [0.5, 0.6) is 11.5 Å². The number of ether oxygens (including phenoxy) is 2. The van der Waals surface area contributed by atoms with Gasteiger partial charge in [-0.3, -0.25) is 10.1 Å². The lowest BCUT2D eigenvalue weighted by Crippen LogP contribution is -2.14. The molecule has 0 fully saturated rings. The standard InChI is InChI=1S/C18H13ClF3N3O3S/c1-27-12-4-3-5-13(28-2)14(12)15(26)23-17-25-24-16(29-17)9-6-10(18(20,21)22)8-11(19)7-9/h3-8H,1-2H3,(H,23,25,26). The molecule has 3 aromatic rings. The minimum absolute atomic E-state index is 0.0885. The topological polar surface area (TPSA) is 73.3 Å². The molecule has 3 rings (SSSR count). The smallest absolute Gasteiger partial charge is 0.416 e. The van der Waals surface area contributed by atoms with Crippen molar-refractivity contribution in [2.45, 2.75) is 6.18 Å². The van der Waals surface area contributed by atoms with Gasteiger partial charge in [0.25, 0.3) is 5.91 Å². The number of hydrogen-bond acceptors (Lipinski definition) is 6. The third-order valence-electron chi connectivity index (χ3n) is 3.77. The van der Waals surface area contributed by atoms with Crippen molar-refractivity contribution >= 4 is 34.0 Å². The zero-order valence-corrected chi connectivity index (χ0v) is 16.6. The highest BCUT2D eigenvalue weighted by atomic mass is 35.5.